The molecule has 27 heavy (non-hydrogen) atoms. The number of carbonyl (C=O) groups excluding carboxylic acids is 2. The van der Waals surface area contributed by atoms with Crippen LogP contribution in [0.15, 0.2) is 54.6 Å². The SMILES string of the molecule is CC[C@]1(C(=O)O)[C@H](c2ccccc2)CC(=O)N1NC(=O)c1ccc(Cl)cc1. The molecule has 0 aliphatic carbocycles. The number of carbonyl (C=O) groups is 3. The molecule has 0 bridgehead atoms. The Kier molecular flexibility index (Phi) is 5.19. The fourth-order valence-electron chi connectivity index (χ4n) is 3.62. The second-order valence-corrected chi connectivity index (χ2v) is 6.86. The second kappa shape index (κ2) is 7.40. The zero-order valence-electron chi connectivity index (χ0n) is 14.7. The van der Waals surface area contributed by atoms with E-state index in [1.54, 1.807) is 43.3 Å². The number of carboxylic acid groups (broad SMARTS) is 1. The highest BCUT2D eigenvalue weighted by Crippen LogP contribution is 2.44. The minimum absolute atomic E-state index is 0.00501. The average molecular weight is 387 g/mol. The fraction of sp³-hybridized carbons (Fsp3) is 0.250. The van der Waals surface area contributed by atoms with Gasteiger partial charge >= 0.3 is 5.97 Å². The number of halogens is 1. The topological polar surface area (TPSA) is 86.7 Å². The maximum absolute atomic E-state index is 12.7. The maximum Gasteiger partial charge on any atom is 0.332 e. The third-order valence-electron chi connectivity index (χ3n) is 5.03. The summed E-state index contributed by atoms with van der Waals surface area (Å²) in [5.74, 6) is -2.72. The van der Waals surface area contributed by atoms with Gasteiger partial charge in [-0.3, -0.25) is 15.0 Å². The molecule has 6 nitrogen and oxygen atoms in total. The van der Waals surface area contributed by atoms with E-state index in [0.29, 0.717) is 5.02 Å². The highest BCUT2D eigenvalue weighted by atomic mass is 35.5. The van der Waals surface area contributed by atoms with Crippen LogP contribution < -0.4 is 5.43 Å². The summed E-state index contributed by atoms with van der Waals surface area (Å²) in [6, 6.07) is 15.2. The molecule has 0 radical (unpaired) electrons. The van der Waals surface area contributed by atoms with Gasteiger partial charge in [-0.1, -0.05) is 48.9 Å². The van der Waals surface area contributed by atoms with Gasteiger partial charge in [-0.05, 0) is 36.2 Å². The molecule has 0 spiro atoms. The molecule has 0 aromatic heterocycles. The number of hydrogen-bond acceptors (Lipinski definition) is 3. The number of aliphatic carboxylic acids is 1. The number of hydrogen-bond donors (Lipinski definition) is 2. The lowest BCUT2D eigenvalue weighted by atomic mass is 9.78. The molecule has 1 aliphatic rings. The van der Waals surface area contributed by atoms with Crippen LogP contribution >= 0.6 is 11.6 Å². The smallest absolute Gasteiger partial charge is 0.332 e. The van der Waals surface area contributed by atoms with Gasteiger partial charge in [-0.15, -0.1) is 0 Å². The molecular weight excluding hydrogens is 368 g/mol. The molecule has 3 rings (SSSR count). The lowest BCUT2D eigenvalue weighted by molar-refractivity contribution is -0.157. The molecule has 2 N–H and O–H groups in total. The Bertz CT molecular complexity index is 869. The van der Waals surface area contributed by atoms with Gasteiger partial charge in [0.15, 0.2) is 5.54 Å². The van der Waals surface area contributed by atoms with Gasteiger partial charge in [0, 0.05) is 22.9 Å². The molecule has 1 fully saturated rings. The van der Waals surface area contributed by atoms with Gasteiger partial charge in [-0.25, -0.2) is 9.80 Å². The third kappa shape index (κ3) is 3.28. The number of nitrogens with one attached hydrogen (secondary N) is 1. The molecule has 7 heteroatoms. The highest BCUT2D eigenvalue weighted by Gasteiger charge is 2.58. The van der Waals surface area contributed by atoms with E-state index in [4.69, 9.17) is 11.6 Å². The van der Waals surface area contributed by atoms with Gasteiger partial charge < -0.3 is 5.11 Å². The van der Waals surface area contributed by atoms with Crippen molar-refractivity contribution in [2.75, 3.05) is 0 Å². The number of carboxylic acids is 1. The van der Waals surface area contributed by atoms with E-state index in [0.717, 1.165) is 10.6 Å². The van der Waals surface area contributed by atoms with E-state index in [9.17, 15) is 19.5 Å². The number of benzene rings is 2. The number of nitrogens with zero attached hydrogens (tertiary/aromatic N) is 1. The summed E-state index contributed by atoms with van der Waals surface area (Å²) in [4.78, 5) is 37.6. The quantitative estimate of drug-likeness (QED) is 0.825. The molecule has 1 aliphatic heterocycles. The van der Waals surface area contributed by atoms with Gasteiger partial charge in [0.25, 0.3) is 5.91 Å². The van der Waals surface area contributed by atoms with E-state index in [1.165, 1.54) is 12.1 Å². The summed E-state index contributed by atoms with van der Waals surface area (Å²) >= 11 is 5.83. The fourth-order valence-corrected chi connectivity index (χ4v) is 3.75. The molecule has 2 aromatic rings. The van der Waals surface area contributed by atoms with Crippen molar-refractivity contribution in [3.63, 3.8) is 0 Å². The Balaban J connectivity index is 1.97. The molecule has 1 heterocycles. The summed E-state index contributed by atoms with van der Waals surface area (Å²) in [5.41, 5.74) is 1.98. The van der Waals surface area contributed by atoms with Crippen LogP contribution in [0.5, 0.6) is 0 Å². The molecule has 140 valence electrons. The van der Waals surface area contributed by atoms with E-state index in [2.05, 4.69) is 5.43 Å². The van der Waals surface area contributed by atoms with Crippen molar-refractivity contribution in [2.45, 2.75) is 31.2 Å². The first kappa shape index (κ1) is 18.9. The third-order valence-corrected chi connectivity index (χ3v) is 5.29. The molecule has 2 amide bonds. The largest absolute Gasteiger partial charge is 0.479 e. The molecule has 0 unspecified atom stereocenters. The van der Waals surface area contributed by atoms with E-state index in [-0.39, 0.29) is 18.4 Å². The van der Waals surface area contributed by atoms with Crippen molar-refractivity contribution in [1.29, 1.82) is 0 Å². The Hall–Kier alpha value is -2.86. The van der Waals surface area contributed by atoms with Crippen molar-refractivity contribution in [3.05, 3.63) is 70.7 Å². The van der Waals surface area contributed by atoms with Crippen molar-refractivity contribution in [1.82, 2.24) is 10.4 Å². The van der Waals surface area contributed by atoms with Gasteiger partial charge in [-0.2, -0.15) is 0 Å². The normalized spacial score (nSPS) is 21.9. The van der Waals surface area contributed by atoms with Crippen LogP contribution in [0, 0.1) is 0 Å². The molecule has 2 atom stereocenters. The van der Waals surface area contributed by atoms with E-state index >= 15 is 0 Å². The van der Waals surface area contributed by atoms with Crippen LogP contribution in [-0.2, 0) is 9.59 Å². The zero-order chi connectivity index (χ0) is 19.6. The van der Waals surface area contributed by atoms with Gasteiger partial charge in [0.05, 0.1) is 0 Å². The number of hydrazine groups is 1. The predicted octanol–water partition coefficient (Wildman–Crippen LogP) is 3.23. The molecular formula is C20H19ClN2O4. The minimum Gasteiger partial charge on any atom is -0.479 e. The van der Waals surface area contributed by atoms with Crippen LogP contribution in [0.1, 0.15) is 41.6 Å². The number of amides is 2. The first-order valence-electron chi connectivity index (χ1n) is 8.58. The van der Waals surface area contributed by atoms with Crippen LogP contribution in [0.25, 0.3) is 0 Å². The summed E-state index contributed by atoms with van der Waals surface area (Å²) in [7, 11) is 0. The zero-order valence-corrected chi connectivity index (χ0v) is 15.4. The maximum atomic E-state index is 12.7. The van der Waals surface area contributed by atoms with Gasteiger partial charge in [0.2, 0.25) is 5.91 Å². The standard InChI is InChI=1S/C20H19ClN2O4/c1-2-20(19(26)27)16(13-6-4-3-5-7-13)12-17(24)23(20)22-18(25)14-8-10-15(21)11-9-14/h3-11,16H,2,12H2,1H3,(H,22,25)(H,26,27)/t16-,20+/m0/s1. The van der Waals surface area contributed by atoms with Crippen LogP contribution in [0.2, 0.25) is 5.02 Å². The van der Waals surface area contributed by atoms with Crippen molar-refractivity contribution >= 4 is 29.4 Å². The minimum atomic E-state index is -1.56. The van der Waals surface area contributed by atoms with E-state index < -0.39 is 29.2 Å². The van der Waals surface area contributed by atoms with Crippen molar-refractivity contribution < 1.29 is 19.5 Å². The van der Waals surface area contributed by atoms with Gasteiger partial charge in [0.1, 0.15) is 0 Å². The Morgan fingerprint density at radius 3 is 2.37 bits per heavy atom. The first-order chi connectivity index (χ1) is 12.9. The molecule has 2 aromatic carbocycles. The summed E-state index contributed by atoms with van der Waals surface area (Å²) in [5, 5.41) is 11.5. The van der Waals surface area contributed by atoms with Crippen LogP contribution in [0.3, 0.4) is 0 Å². The summed E-state index contributed by atoms with van der Waals surface area (Å²) < 4.78 is 0. The monoisotopic (exact) mass is 386 g/mol. The number of rotatable bonds is 5. The summed E-state index contributed by atoms with van der Waals surface area (Å²) in [6.07, 6.45) is 0.152. The van der Waals surface area contributed by atoms with Crippen LogP contribution in [0.4, 0.5) is 0 Å². The molecule has 1 saturated heterocycles. The predicted molar refractivity (Wildman–Crippen MR) is 100 cm³/mol. The summed E-state index contributed by atoms with van der Waals surface area (Å²) in [6.45, 7) is 1.70. The van der Waals surface area contributed by atoms with Crippen LogP contribution in [-0.4, -0.2) is 33.4 Å². The van der Waals surface area contributed by atoms with Crippen molar-refractivity contribution in [2.24, 2.45) is 0 Å². The first-order valence-corrected chi connectivity index (χ1v) is 8.96. The lowest BCUT2D eigenvalue weighted by Gasteiger charge is -2.37. The van der Waals surface area contributed by atoms with Crippen molar-refractivity contribution in [3.8, 4) is 0 Å². The highest BCUT2D eigenvalue weighted by molar-refractivity contribution is 6.30. The lowest BCUT2D eigenvalue weighted by Crippen LogP contribution is -2.61. The Morgan fingerprint density at radius 2 is 1.81 bits per heavy atom. The second-order valence-electron chi connectivity index (χ2n) is 6.43. The Labute approximate surface area is 161 Å². The average Bonchev–Trinajstić information content (AvgIpc) is 2.96. The molecule has 0 saturated carbocycles. The Morgan fingerprint density at radius 1 is 1.19 bits per heavy atom. The van der Waals surface area contributed by atoms with E-state index in [1.807, 2.05) is 6.07 Å².